The first kappa shape index (κ1) is 21.2. The van der Waals surface area contributed by atoms with Gasteiger partial charge in [0.2, 0.25) is 0 Å². The fraction of sp³-hybridized carbons (Fsp3) is 0.115. The second kappa shape index (κ2) is 7.85. The molecule has 3 heterocycles. The van der Waals surface area contributed by atoms with Gasteiger partial charge < -0.3 is 24.1 Å². The zero-order valence-electron chi connectivity index (χ0n) is 18.9. The number of aromatic nitrogens is 4. The van der Waals surface area contributed by atoms with Crippen LogP contribution in [0.3, 0.4) is 0 Å². The fourth-order valence-corrected chi connectivity index (χ4v) is 5.40. The minimum Gasteiger partial charge on any atom is -0.507 e. The minimum absolute atomic E-state index is 0.0499. The number of aryl methyl sites for hydroxylation is 1. The standard InChI is InChI=1S/C26H20N4O4S/c1-29-20-6-4-3-5-16(20)23-24(29)22(17-9-8-15(34-2)12-21(17)31)25(26(32)33)30(23)13-14-7-10-18-19(11-14)28-35-27-18/h3-12,31H,13H2,1-2H3,(H,32,33). The Labute approximate surface area is 203 Å². The molecule has 0 spiro atoms. The smallest absolute Gasteiger partial charge is 0.353 e. The Hall–Kier alpha value is -4.37. The van der Waals surface area contributed by atoms with E-state index < -0.39 is 5.97 Å². The first-order chi connectivity index (χ1) is 17.0. The quantitative estimate of drug-likeness (QED) is 0.346. The summed E-state index contributed by atoms with van der Waals surface area (Å²) in [4.78, 5) is 12.8. The second-order valence-electron chi connectivity index (χ2n) is 8.36. The molecule has 0 bridgehead atoms. The maximum absolute atomic E-state index is 12.8. The summed E-state index contributed by atoms with van der Waals surface area (Å²) in [6.45, 7) is 0.316. The summed E-state index contributed by atoms with van der Waals surface area (Å²) in [5.74, 6) is -0.640. The summed E-state index contributed by atoms with van der Waals surface area (Å²) >= 11 is 1.15. The van der Waals surface area contributed by atoms with Gasteiger partial charge in [0.15, 0.2) is 0 Å². The van der Waals surface area contributed by atoms with Crippen LogP contribution in [0.25, 0.3) is 44.1 Å². The number of rotatable bonds is 5. The monoisotopic (exact) mass is 484 g/mol. The number of aromatic hydroxyl groups is 1. The maximum atomic E-state index is 12.8. The number of nitrogens with zero attached hydrogens (tertiary/aromatic N) is 4. The summed E-state index contributed by atoms with van der Waals surface area (Å²) in [6.07, 6.45) is 0. The molecule has 0 radical (unpaired) electrons. The number of phenols is 1. The molecule has 0 unspecified atom stereocenters. The SMILES string of the molecule is COc1ccc(-c2c(C(=O)O)n(Cc3ccc4nsnc4c3)c3c4ccccc4n(C)c23)c(O)c1. The fourth-order valence-electron chi connectivity index (χ4n) is 4.89. The number of carbonyl (C=O) groups is 1. The van der Waals surface area contributed by atoms with Gasteiger partial charge in [-0.05, 0) is 35.9 Å². The van der Waals surface area contributed by atoms with E-state index in [4.69, 9.17) is 4.74 Å². The predicted molar refractivity (Wildman–Crippen MR) is 136 cm³/mol. The highest BCUT2D eigenvalue weighted by atomic mass is 32.1. The Morgan fingerprint density at radius 2 is 1.83 bits per heavy atom. The van der Waals surface area contributed by atoms with Crippen molar-refractivity contribution in [2.24, 2.45) is 7.05 Å². The van der Waals surface area contributed by atoms with Crippen molar-refractivity contribution in [1.29, 1.82) is 0 Å². The number of aromatic carboxylic acids is 1. The molecule has 6 aromatic rings. The lowest BCUT2D eigenvalue weighted by Crippen LogP contribution is -2.11. The molecule has 0 saturated carbocycles. The van der Waals surface area contributed by atoms with Gasteiger partial charge in [0.05, 0.1) is 35.4 Å². The number of hydrogen-bond acceptors (Lipinski definition) is 6. The molecule has 9 heteroatoms. The lowest BCUT2D eigenvalue weighted by Gasteiger charge is -2.12. The van der Waals surface area contributed by atoms with Crippen molar-refractivity contribution in [3.8, 4) is 22.6 Å². The summed E-state index contributed by atoms with van der Waals surface area (Å²) in [6, 6.07) is 18.6. The molecule has 8 nitrogen and oxygen atoms in total. The van der Waals surface area contributed by atoms with Crippen LogP contribution in [-0.2, 0) is 13.6 Å². The molecular weight excluding hydrogens is 464 g/mol. The molecule has 3 aromatic heterocycles. The average molecular weight is 485 g/mol. The van der Waals surface area contributed by atoms with Gasteiger partial charge in [0.1, 0.15) is 28.2 Å². The summed E-state index contributed by atoms with van der Waals surface area (Å²) < 4.78 is 17.6. The molecule has 0 aliphatic rings. The molecule has 0 saturated heterocycles. The normalized spacial score (nSPS) is 11.6. The van der Waals surface area contributed by atoms with Crippen LogP contribution >= 0.6 is 11.7 Å². The molecule has 0 aliphatic carbocycles. The van der Waals surface area contributed by atoms with Crippen LogP contribution in [0.2, 0.25) is 0 Å². The van der Waals surface area contributed by atoms with Crippen LogP contribution in [0.4, 0.5) is 0 Å². The van der Waals surface area contributed by atoms with Gasteiger partial charge in [-0.1, -0.05) is 24.3 Å². The number of hydrogen-bond donors (Lipinski definition) is 2. The van der Waals surface area contributed by atoms with Crippen LogP contribution in [0.5, 0.6) is 11.5 Å². The van der Waals surface area contributed by atoms with Crippen molar-refractivity contribution in [2.75, 3.05) is 7.11 Å². The van der Waals surface area contributed by atoms with Crippen LogP contribution in [0.1, 0.15) is 16.1 Å². The highest BCUT2D eigenvalue weighted by molar-refractivity contribution is 7.00. The van der Waals surface area contributed by atoms with E-state index in [0.717, 1.165) is 50.3 Å². The number of ether oxygens (including phenoxy) is 1. The first-order valence-electron chi connectivity index (χ1n) is 10.9. The third kappa shape index (κ3) is 3.16. The van der Waals surface area contributed by atoms with E-state index in [9.17, 15) is 15.0 Å². The Balaban J connectivity index is 1.71. The second-order valence-corrected chi connectivity index (χ2v) is 8.89. The largest absolute Gasteiger partial charge is 0.507 e. The predicted octanol–water partition coefficient (Wildman–Crippen LogP) is 5.27. The summed E-state index contributed by atoms with van der Waals surface area (Å²) in [7, 11) is 3.43. The molecule has 0 atom stereocenters. The van der Waals surface area contributed by atoms with E-state index in [2.05, 4.69) is 8.75 Å². The Bertz CT molecular complexity index is 1780. The number of para-hydroxylation sites is 1. The van der Waals surface area contributed by atoms with Crippen molar-refractivity contribution in [2.45, 2.75) is 6.54 Å². The number of fused-ring (bicyclic) bond motifs is 4. The molecule has 0 fully saturated rings. The minimum atomic E-state index is -1.08. The Morgan fingerprint density at radius 1 is 1.03 bits per heavy atom. The summed E-state index contributed by atoms with van der Waals surface area (Å²) in [5.41, 5.74) is 5.98. The molecule has 174 valence electrons. The number of methoxy groups -OCH3 is 1. The van der Waals surface area contributed by atoms with Gasteiger partial charge in [-0.3, -0.25) is 0 Å². The van der Waals surface area contributed by atoms with Gasteiger partial charge >= 0.3 is 5.97 Å². The number of carboxylic acid groups (broad SMARTS) is 1. The van der Waals surface area contributed by atoms with E-state index >= 15 is 0 Å². The van der Waals surface area contributed by atoms with Crippen molar-refractivity contribution < 1.29 is 19.7 Å². The van der Waals surface area contributed by atoms with E-state index in [1.165, 1.54) is 13.2 Å². The first-order valence-corrected chi connectivity index (χ1v) is 11.6. The van der Waals surface area contributed by atoms with E-state index in [1.54, 1.807) is 12.1 Å². The Kier molecular flexibility index (Phi) is 4.75. The highest BCUT2D eigenvalue weighted by Gasteiger charge is 2.29. The molecule has 2 N–H and O–H groups in total. The van der Waals surface area contributed by atoms with E-state index in [1.807, 2.05) is 58.6 Å². The lowest BCUT2D eigenvalue weighted by molar-refractivity contribution is 0.0687. The molecule has 0 amide bonds. The van der Waals surface area contributed by atoms with Crippen molar-refractivity contribution in [3.05, 3.63) is 71.9 Å². The van der Waals surface area contributed by atoms with Crippen LogP contribution in [0.15, 0.2) is 60.7 Å². The van der Waals surface area contributed by atoms with Crippen LogP contribution in [-0.4, -0.2) is 41.2 Å². The Morgan fingerprint density at radius 3 is 2.60 bits per heavy atom. The maximum Gasteiger partial charge on any atom is 0.353 e. The molecular formula is C26H20N4O4S. The van der Waals surface area contributed by atoms with Crippen molar-refractivity contribution in [1.82, 2.24) is 17.9 Å². The number of phenolic OH excluding ortho intramolecular Hbond substituents is 1. The average Bonchev–Trinajstić information content (AvgIpc) is 3.53. The topological polar surface area (TPSA) is 102 Å². The van der Waals surface area contributed by atoms with Crippen molar-refractivity contribution in [3.63, 3.8) is 0 Å². The number of carboxylic acids is 1. The summed E-state index contributed by atoms with van der Waals surface area (Å²) in [5, 5.41) is 22.3. The zero-order chi connectivity index (χ0) is 24.3. The highest BCUT2D eigenvalue weighted by Crippen LogP contribution is 2.44. The molecule has 35 heavy (non-hydrogen) atoms. The van der Waals surface area contributed by atoms with Gasteiger partial charge in [0, 0.05) is 36.2 Å². The molecule has 0 aliphatic heterocycles. The number of benzene rings is 3. The third-order valence-electron chi connectivity index (χ3n) is 6.43. The zero-order valence-corrected chi connectivity index (χ0v) is 19.7. The molecule has 6 rings (SSSR count). The van der Waals surface area contributed by atoms with Crippen molar-refractivity contribution >= 4 is 50.7 Å². The van der Waals surface area contributed by atoms with Gasteiger partial charge in [-0.15, -0.1) is 0 Å². The van der Waals surface area contributed by atoms with Crippen LogP contribution < -0.4 is 4.74 Å². The van der Waals surface area contributed by atoms with Gasteiger partial charge in [0.25, 0.3) is 0 Å². The van der Waals surface area contributed by atoms with Gasteiger partial charge in [-0.2, -0.15) is 8.75 Å². The third-order valence-corrected chi connectivity index (χ3v) is 6.99. The molecule has 3 aromatic carbocycles. The lowest BCUT2D eigenvalue weighted by atomic mass is 10.0. The van der Waals surface area contributed by atoms with Crippen LogP contribution in [0, 0.1) is 0 Å². The van der Waals surface area contributed by atoms with E-state index in [0.29, 0.717) is 23.4 Å². The van der Waals surface area contributed by atoms with E-state index in [-0.39, 0.29) is 11.4 Å². The van der Waals surface area contributed by atoms with Gasteiger partial charge in [-0.25, -0.2) is 4.79 Å².